The molecule has 2 aliphatic rings. The average molecular weight is 732 g/mol. The van der Waals surface area contributed by atoms with Crippen molar-refractivity contribution in [1.29, 1.82) is 0 Å². The summed E-state index contributed by atoms with van der Waals surface area (Å²) in [6.45, 7) is 10.0. The summed E-state index contributed by atoms with van der Waals surface area (Å²) >= 11 is 0. The van der Waals surface area contributed by atoms with Crippen LogP contribution in [0.1, 0.15) is 13.8 Å². The van der Waals surface area contributed by atoms with E-state index in [1.54, 1.807) is 51.7 Å². The van der Waals surface area contributed by atoms with Gasteiger partial charge in [-0.15, -0.1) is 0 Å². The zero-order valence-electron chi connectivity index (χ0n) is 31.2. The third-order valence-electron chi connectivity index (χ3n) is 9.75. The van der Waals surface area contributed by atoms with Gasteiger partial charge in [-0.25, -0.2) is 14.6 Å². The highest BCUT2D eigenvalue weighted by atomic mass is 16.5. The fourth-order valence-corrected chi connectivity index (χ4v) is 7.12. The zero-order valence-corrected chi connectivity index (χ0v) is 31.2. The number of nitrogens with one attached hydrogen (secondary N) is 2. The molecule has 280 valence electrons. The van der Waals surface area contributed by atoms with Gasteiger partial charge < -0.3 is 43.5 Å². The molecule has 0 saturated carbocycles. The van der Waals surface area contributed by atoms with E-state index in [1.807, 2.05) is 42.5 Å². The molecule has 3 aromatic carbocycles. The van der Waals surface area contributed by atoms with Gasteiger partial charge in [0.2, 0.25) is 5.88 Å². The average Bonchev–Trinajstić information content (AvgIpc) is 3.19. The van der Waals surface area contributed by atoms with Gasteiger partial charge in [-0.3, -0.25) is 0 Å². The number of fused-ring (bicyclic) bond motifs is 2. The summed E-state index contributed by atoms with van der Waals surface area (Å²) < 4.78 is 27.0. The molecule has 5 heterocycles. The van der Waals surface area contributed by atoms with E-state index in [0.717, 1.165) is 67.0 Å². The van der Waals surface area contributed by atoms with E-state index in [2.05, 4.69) is 51.4 Å². The topological polar surface area (TPSA) is 132 Å². The Labute approximate surface area is 313 Å². The van der Waals surface area contributed by atoms with Crippen LogP contribution >= 0.6 is 0 Å². The molecule has 12 nitrogen and oxygen atoms in total. The Balaban J connectivity index is 0.000000167. The van der Waals surface area contributed by atoms with Crippen LogP contribution < -0.4 is 45.9 Å². The molecule has 2 aliphatic heterocycles. The minimum absolute atomic E-state index is 0.368. The molecule has 2 saturated heterocycles. The number of pyridine rings is 1. The first-order chi connectivity index (χ1) is 26.2. The van der Waals surface area contributed by atoms with Crippen molar-refractivity contribution in [2.75, 3.05) is 70.4 Å². The van der Waals surface area contributed by atoms with Gasteiger partial charge in [-0.05, 0) is 74.0 Å². The maximum Gasteiger partial charge on any atom is 0.345 e. The molecule has 6 aromatic rings. The van der Waals surface area contributed by atoms with Crippen molar-refractivity contribution in [2.24, 2.45) is 0 Å². The molecule has 12 heteroatoms. The van der Waals surface area contributed by atoms with Gasteiger partial charge in [-0.1, -0.05) is 12.1 Å². The van der Waals surface area contributed by atoms with E-state index >= 15 is 0 Å². The third-order valence-corrected chi connectivity index (χ3v) is 9.75. The lowest BCUT2D eigenvalue weighted by atomic mass is 10.0. The highest BCUT2D eigenvalue weighted by molar-refractivity contribution is 5.85. The summed E-state index contributed by atoms with van der Waals surface area (Å²) in [5.41, 5.74) is 4.76. The first-order valence-electron chi connectivity index (χ1n) is 18.1. The van der Waals surface area contributed by atoms with E-state index in [0.29, 0.717) is 57.4 Å². The lowest BCUT2D eigenvalue weighted by Gasteiger charge is -2.37. The van der Waals surface area contributed by atoms with Crippen molar-refractivity contribution in [2.45, 2.75) is 25.9 Å². The van der Waals surface area contributed by atoms with Crippen LogP contribution in [-0.4, -0.2) is 77.7 Å². The Morgan fingerprint density at radius 3 is 1.91 bits per heavy atom. The third kappa shape index (κ3) is 7.90. The maximum atomic E-state index is 12.6. The van der Waals surface area contributed by atoms with Crippen LogP contribution in [0.15, 0.2) is 103 Å². The Hall–Kier alpha value is -5.85. The second-order valence-electron chi connectivity index (χ2n) is 13.6. The number of piperazine rings is 2. The molecule has 2 atom stereocenters. The predicted octanol–water partition coefficient (Wildman–Crippen LogP) is 5.94. The van der Waals surface area contributed by atoms with Crippen LogP contribution in [0.4, 0.5) is 11.4 Å². The van der Waals surface area contributed by atoms with Gasteiger partial charge >= 0.3 is 11.3 Å². The summed E-state index contributed by atoms with van der Waals surface area (Å²) in [5.74, 6) is 1.65. The molecular formula is C42H45N5O7. The maximum absolute atomic E-state index is 12.6. The van der Waals surface area contributed by atoms with Crippen molar-refractivity contribution in [1.82, 2.24) is 15.6 Å². The molecule has 0 amide bonds. The molecular weight excluding hydrogens is 686 g/mol. The Bertz CT molecular complexity index is 2380. The molecule has 54 heavy (non-hydrogen) atoms. The van der Waals surface area contributed by atoms with E-state index < -0.39 is 5.63 Å². The highest BCUT2D eigenvalue weighted by Crippen LogP contribution is 2.33. The smallest absolute Gasteiger partial charge is 0.345 e. The van der Waals surface area contributed by atoms with Crippen LogP contribution in [0.2, 0.25) is 0 Å². The Kier molecular flexibility index (Phi) is 10.8. The van der Waals surface area contributed by atoms with Gasteiger partial charge in [-0.2, -0.15) is 0 Å². The number of hydrogen-bond acceptors (Lipinski definition) is 12. The van der Waals surface area contributed by atoms with Gasteiger partial charge in [0, 0.05) is 91.7 Å². The monoisotopic (exact) mass is 731 g/mol. The summed E-state index contributed by atoms with van der Waals surface area (Å²) in [7, 11) is 4.70. The minimum Gasteiger partial charge on any atom is -0.493 e. The molecule has 0 bridgehead atoms. The van der Waals surface area contributed by atoms with Gasteiger partial charge in [0.05, 0.1) is 38.2 Å². The lowest BCUT2D eigenvalue weighted by Crippen LogP contribution is -2.54. The summed E-state index contributed by atoms with van der Waals surface area (Å²) in [6, 6.07) is 27.3. The number of aromatic nitrogens is 1. The van der Waals surface area contributed by atoms with Gasteiger partial charge in [0.1, 0.15) is 11.2 Å². The Morgan fingerprint density at radius 1 is 0.667 bits per heavy atom. The normalized spacial score (nSPS) is 17.2. The van der Waals surface area contributed by atoms with Crippen LogP contribution in [0, 0.1) is 0 Å². The van der Waals surface area contributed by atoms with E-state index in [9.17, 15) is 9.59 Å². The van der Waals surface area contributed by atoms with Gasteiger partial charge in [0.25, 0.3) is 0 Å². The molecule has 0 unspecified atom stereocenters. The summed E-state index contributed by atoms with van der Waals surface area (Å²) in [5, 5.41) is 8.62. The van der Waals surface area contributed by atoms with Crippen LogP contribution in [0.3, 0.4) is 0 Å². The van der Waals surface area contributed by atoms with Crippen molar-refractivity contribution < 1.29 is 23.0 Å². The number of hydrogen-bond donors (Lipinski definition) is 2. The van der Waals surface area contributed by atoms with E-state index in [1.165, 1.54) is 0 Å². The number of rotatable bonds is 7. The Morgan fingerprint density at radius 2 is 1.28 bits per heavy atom. The standard InChI is InChI=1S/C21H23N3O3.C21H22N2O4/c1-13-11-24(12-14(2)22-13)16-8-7-15-9-17(21(25)27-19(15)10-16)18-5-4-6-20(23-18)26-3;1-25-18-6-4-14(12-20(18)26-2)17-11-15-3-5-16(13-19(15)27-21(17)24)23-9-7-22-8-10-23/h4-10,13-14,22H,11-12H2,1-3H3;3-6,11-13,22H,7-10H2,1-2H3/t13-,14+;. The van der Waals surface area contributed by atoms with Crippen molar-refractivity contribution in [3.8, 4) is 39.8 Å². The van der Waals surface area contributed by atoms with E-state index in [-0.39, 0.29) is 5.63 Å². The lowest BCUT2D eigenvalue weighted by molar-refractivity contribution is 0.355. The quantitative estimate of drug-likeness (QED) is 0.189. The zero-order chi connectivity index (χ0) is 37.8. The number of ether oxygens (including phenoxy) is 3. The largest absolute Gasteiger partial charge is 0.493 e. The molecule has 2 fully saturated rings. The number of anilines is 2. The van der Waals surface area contributed by atoms with Crippen molar-refractivity contribution in [3.63, 3.8) is 0 Å². The second kappa shape index (κ2) is 16.0. The van der Waals surface area contributed by atoms with Gasteiger partial charge in [0.15, 0.2) is 11.5 Å². The van der Waals surface area contributed by atoms with Crippen molar-refractivity contribution in [3.05, 3.63) is 106 Å². The first-order valence-corrected chi connectivity index (χ1v) is 18.1. The molecule has 0 radical (unpaired) electrons. The van der Waals surface area contributed by atoms with Crippen LogP contribution in [0.25, 0.3) is 44.3 Å². The van der Waals surface area contributed by atoms with Crippen molar-refractivity contribution >= 4 is 33.3 Å². The molecule has 0 aliphatic carbocycles. The SMILES string of the molecule is COc1ccc(-c2cc3ccc(N4CCNCC4)cc3oc2=O)cc1OC.COc1cccc(-c2cc3ccc(N4C[C@@H](C)N[C@@H](C)C4)cc3oc2=O)n1. The highest BCUT2D eigenvalue weighted by Gasteiger charge is 2.22. The molecule has 0 spiro atoms. The fourth-order valence-electron chi connectivity index (χ4n) is 7.12. The molecule has 8 rings (SSSR count). The minimum atomic E-state index is -0.401. The number of nitrogens with zero attached hydrogens (tertiary/aromatic N) is 3. The fraction of sp³-hybridized carbons (Fsp3) is 0.310. The molecule has 3 aromatic heterocycles. The second-order valence-corrected chi connectivity index (χ2v) is 13.6. The molecule has 2 N–H and O–H groups in total. The van der Waals surface area contributed by atoms with E-state index in [4.69, 9.17) is 23.0 Å². The van der Waals surface area contributed by atoms with Crippen LogP contribution in [-0.2, 0) is 0 Å². The first kappa shape index (κ1) is 36.5. The predicted molar refractivity (Wildman–Crippen MR) is 213 cm³/mol. The number of methoxy groups -OCH3 is 3. The summed E-state index contributed by atoms with van der Waals surface area (Å²) in [4.78, 5) is 34.1. The number of benzene rings is 3. The van der Waals surface area contributed by atoms with Crippen LogP contribution in [0.5, 0.6) is 17.4 Å². The summed E-state index contributed by atoms with van der Waals surface area (Å²) in [6.07, 6.45) is 0.